The average molecular weight is 482 g/mol. The Morgan fingerprint density at radius 2 is 1.21 bits per heavy atom. The fourth-order valence-corrected chi connectivity index (χ4v) is 7.13. The van der Waals surface area contributed by atoms with Gasteiger partial charge in [0.2, 0.25) is 0 Å². The maximum atomic E-state index is 7.31. The van der Waals surface area contributed by atoms with Crippen molar-refractivity contribution in [1.82, 2.24) is 4.90 Å². The summed E-state index contributed by atoms with van der Waals surface area (Å²) in [7, 11) is 0. The second-order valence-electron chi connectivity index (χ2n) is 8.72. The van der Waals surface area contributed by atoms with E-state index >= 15 is 0 Å². The first-order valence-corrected chi connectivity index (χ1v) is 12.7. The SMILES string of the molecule is CCN(CC)CCOc1ccc(C2(c3ccccc3)C(Cl)(Cl)C2(CC)c2ccccc2)cc1. The van der Waals surface area contributed by atoms with Crippen LogP contribution >= 0.6 is 23.2 Å². The van der Waals surface area contributed by atoms with E-state index in [4.69, 9.17) is 27.9 Å². The van der Waals surface area contributed by atoms with Crippen LogP contribution in [0.5, 0.6) is 5.75 Å². The summed E-state index contributed by atoms with van der Waals surface area (Å²) in [6.45, 7) is 10.2. The number of nitrogens with zero attached hydrogens (tertiary/aromatic N) is 1. The van der Waals surface area contributed by atoms with Crippen molar-refractivity contribution in [1.29, 1.82) is 0 Å². The summed E-state index contributed by atoms with van der Waals surface area (Å²) in [5, 5.41) is 0. The van der Waals surface area contributed by atoms with Gasteiger partial charge in [0.05, 0.1) is 5.41 Å². The number of likely N-dealkylation sites (N-methyl/N-ethyl adjacent to an activating group) is 1. The third-order valence-corrected chi connectivity index (χ3v) is 8.66. The smallest absolute Gasteiger partial charge is 0.143 e. The molecule has 4 rings (SSSR count). The van der Waals surface area contributed by atoms with Crippen molar-refractivity contribution in [3.05, 3.63) is 102 Å². The molecule has 1 saturated carbocycles. The zero-order valence-electron chi connectivity index (χ0n) is 19.7. The van der Waals surface area contributed by atoms with Crippen molar-refractivity contribution >= 4 is 23.2 Å². The molecule has 0 saturated heterocycles. The van der Waals surface area contributed by atoms with Gasteiger partial charge in [-0.3, -0.25) is 0 Å². The normalized spacial score (nSPS) is 23.5. The molecule has 2 atom stereocenters. The van der Waals surface area contributed by atoms with E-state index in [1.54, 1.807) is 0 Å². The highest BCUT2D eigenvalue weighted by Gasteiger charge is 2.87. The molecule has 0 spiro atoms. The van der Waals surface area contributed by atoms with Gasteiger partial charge in [-0.05, 0) is 48.3 Å². The van der Waals surface area contributed by atoms with E-state index < -0.39 is 15.2 Å². The number of rotatable bonds is 10. The Kier molecular flexibility index (Phi) is 7.09. The predicted octanol–water partition coefficient (Wildman–Crippen LogP) is 7.23. The van der Waals surface area contributed by atoms with Crippen molar-refractivity contribution in [3.63, 3.8) is 0 Å². The lowest BCUT2D eigenvalue weighted by Gasteiger charge is -2.26. The molecule has 3 aromatic carbocycles. The average Bonchev–Trinajstić information content (AvgIpc) is 3.34. The highest BCUT2D eigenvalue weighted by atomic mass is 35.5. The molecule has 0 radical (unpaired) electrons. The van der Waals surface area contributed by atoms with Crippen LogP contribution < -0.4 is 4.74 Å². The summed E-state index contributed by atoms with van der Waals surface area (Å²) < 4.78 is 5.06. The van der Waals surface area contributed by atoms with E-state index in [-0.39, 0.29) is 0 Å². The number of benzene rings is 3. The first kappa shape index (κ1) is 24.1. The Labute approximate surface area is 208 Å². The molecule has 1 fully saturated rings. The van der Waals surface area contributed by atoms with Crippen LogP contribution in [0.2, 0.25) is 0 Å². The van der Waals surface area contributed by atoms with Gasteiger partial charge in [0.1, 0.15) is 16.7 Å². The molecule has 0 bridgehead atoms. The Balaban J connectivity index is 1.73. The molecule has 0 N–H and O–H groups in total. The summed E-state index contributed by atoms with van der Waals surface area (Å²) >= 11 is 14.6. The maximum Gasteiger partial charge on any atom is 0.143 e. The van der Waals surface area contributed by atoms with Crippen LogP contribution in [0.4, 0.5) is 0 Å². The van der Waals surface area contributed by atoms with E-state index in [1.807, 2.05) is 12.1 Å². The summed E-state index contributed by atoms with van der Waals surface area (Å²) in [6.07, 6.45) is 0.820. The standard InChI is InChI=1S/C29H33Cl2NO/c1-4-27(23-13-9-7-10-14-23)28(29(27,30)31,24-15-11-8-12-16-24)25-17-19-26(20-18-25)33-22-21-32(5-2)6-3/h7-20H,4-6,21-22H2,1-3H3. The van der Waals surface area contributed by atoms with E-state index in [0.717, 1.165) is 42.9 Å². The fourth-order valence-electron chi connectivity index (χ4n) is 5.70. The summed E-state index contributed by atoms with van der Waals surface area (Å²) in [6, 6.07) is 29.3. The minimum atomic E-state index is -0.984. The summed E-state index contributed by atoms with van der Waals surface area (Å²) in [5.74, 6) is 0.867. The molecule has 33 heavy (non-hydrogen) atoms. The molecule has 3 aromatic rings. The molecular formula is C29H33Cl2NO. The highest BCUT2D eigenvalue weighted by Crippen LogP contribution is 2.81. The van der Waals surface area contributed by atoms with Gasteiger partial charge in [-0.1, -0.05) is 117 Å². The van der Waals surface area contributed by atoms with Crippen LogP contribution in [0.3, 0.4) is 0 Å². The molecule has 0 amide bonds. The van der Waals surface area contributed by atoms with Crippen LogP contribution in [-0.2, 0) is 10.8 Å². The second kappa shape index (κ2) is 9.70. The Morgan fingerprint density at radius 1 is 0.697 bits per heavy atom. The van der Waals surface area contributed by atoms with Gasteiger partial charge in [-0.2, -0.15) is 0 Å². The van der Waals surface area contributed by atoms with Gasteiger partial charge in [-0.25, -0.2) is 0 Å². The molecule has 174 valence electrons. The third kappa shape index (κ3) is 3.67. The van der Waals surface area contributed by atoms with Crippen molar-refractivity contribution < 1.29 is 4.74 Å². The van der Waals surface area contributed by atoms with E-state index in [2.05, 4.69) is 98.5 Å². The van der Waals surface area contributed by atoms with Crippen molar-refractivity contribution in [2.24, 2.45) is 0 Å². The van der Waals surface area contributed by atoms with Gasteiger partial charge in [0, 0.05) is 12.0 Å². The van der Waals surface area contributed by atoms with Gasteiger partial charge in [-0.15, -0.1) is 0 Å². The van der Waals surface area contributed by atoms with Crippen molar-refractivity contribution in [2.75, 3.05) is 26.2 Å². The number of alkyl halides is 2. The lowest BCUT2D eigenvalue weighted by Crippen LogP contribution is -2.27. The lowest BCUT2D eigenvalue weighted by atomic mass is 9.76. The highest BCUT2D eigenvalue weighted by molar-refractivity contribution is 6.54. The number of ether oxygens (including phenoxy) is 1. The molecule has 0 aromatic heterocycles. The molecule has 1 aliphatic carbocycles. The van der Waals surface area contributed by atoms with E-state index in [0.29, 0.717) is 6.61 Å². The molecule has 0 aliphatic heterocycles. The Morgan fingerprint density at radius 3 is 1.73 bits per heavy atom. The van der Waals surface area contributed by atoms with Crippen LogP contribution in [-0.4, -0.2) is 35.5 Å². The molecule has 0 heterocycles. The van der Waals surface area contributed by atoms with Crippen LogP contribution in [0.25, 0.3) is 0 Å². The zero-order valence-corrected chi connectivity index (χ0v) is 21.2. The maximum absolute atomic E-state index is 7.31. The van der Waals surface area contributed by atoms with Crippen LogP contribution in [0.1, 0.15) is 43.9 Å². The fraction of sp³-hybridized carbons (Fsp3) is 0.379. The quantitative estimate of drug-likeness (QED) is 0.283. The van der Waals surface area contributed by atoms with Gasteiger partial charge in [0.25, 0.3) is 0 Å². The van der Waals surface area contributed by atoms with Gasteiger partial charge in [0.15, 0.2) is 0 Å². The Bertz CT molecular complexity index is 1030. The number of halogens is 2. The largest absolute Gasteiger partial charge is 0.492 e. The van der Waals surface area contributed by atoms with Crippen LogP contribution in [0, 0.1) is 0 Å². The second-order valence-corrected chi connectivity index (χ2v) is 10.0. The van der Waals surface area contributed by atoms with Crippen molar-refractivity contribution in [3.8, 4) is 5.75 Å². The minimum Gasteiger partial charge on any atom is -0.492 e. The number of hydrogen-bond acceptors (Lipinski definition) is 2. The zero-order chi connectivity index (χ0) is 23.5. The lowest BCUT2D eigenvalue weighted by molar-refractivity contribution is 0.223. The summed E-state index contributed by atoms with van der Waals surface area (Å²) in [4.78, 5) is 2.35. The van der Waals surface area contributed by atoms with Crippen molar-refractivity contribution in [2.45, 2.75) is 42.4 Å². The first-order valence-electron chi connectivity index (χ1n) is 11.9. The third-order valence-electron chi connectivity index (χ3n) is 7.45. The molecule has 4 heteroatoms. The topological polar surface area (TPSA) is 12.5 Å². The molecule has 2 unspecified atom stereocenters. The first-order chi connectivity index (χ1) is 16.0. The number of hydrogen-bond donors (Lipinski definition) is 0. The molecule has 1 aliphatic rings. The molecule has 2 nitrogen and oxygen atoms in total. The van der Waals surface area contributed by atoms with E-state index in [9.17, 15) is 0 Å². The monoisotopic (exact) mass is 481 g/mol. The predicted molar refractivity (Wildman–Crippen MR) is 140 cm³/mol. The van der Waals surface area contributed by atoms with Gasteiger partial charge >= 0.3 is 0 Å². The van der Waals surface area contributed by atoms with Gasteiger partial charge < -0.3 is 9.64 Å². The Hall–Kier alpha value is -2.00. The summed E-state index contributed by atoms with van der Waals surface area (Å²) in [5.41, 5.74) is 2.43. The molecular weight excluding hydrogens is 449 g/mol. The van der Waals surface area contributed by atoms with E-state index in [1.165, 1.54) is 5.56 Å². The van der Waals surface area contributed by atoms with Crippen LogP contribution in [0.15, 0.2) is 84.9 Å². The minimum absolute atomic E-state index is 0.434.